The van der Waals surface area contributed by atoms with Gasteiger partial charge in [-0.15, -0.1) is 5.10 Å². The number of likely N-dealkylation sites (tertiary alicyclic amines) is 1. The van der Waals surface area contributed by atoms with Crippen LogP contribution >= 0.6 is 0 Å². The molecule has 42 heavy (non-hydrogen) atoms. The summed E-state index contributed by atoms with van der Waals surface area (Å²) in [4.78, 5) is 44.1. The van der Waals surface area contributed by atoms with Crippen LogP contribution in [0.4, 0.5) is 13.2 Å². The number of carbonyl (C=O) groups excluding carboxylic acids is 2. The standard InChI is InChI=1S/C28H28F3N7O4/c1-35-25(17-2-4-18-16(12-17)3-5-20(18)39)23-24(34-35)27(41)37(15-32-23)14-28(42)7-10-36(11-8-28)22(40)13-19(26(30)31)38-9-6-21(29)33-38/h2,4,6,9,12,15,19,26,42H,3,5,7-8,10-11,13-14H2,1H3. The van der Waals surface area contributed by atoms with Crippen LogP contribution in [0, 0.1) is 5.95 Å². The Kier molecular flexibility index (Phi) is 6.95. The Bertz CT molecular complexity index is 1750. The third kappa shape index (κ3) is 4.99. The Hall–Kier alpha value is -4.33. The first-order valence-electron chi connectivity index (χ1n) is 13.6. The topological polar surface area (TPSA) is 128 Å². The van der Waals surface area contributed by atoms with Gasteiger partial charge in [0.1, 0.15) is 11.6 Å². The first-order chi connectivity index (χ1) is 20.0. The Morgan fingerprint density at radius 1 is 1.10 bits per heavy atom. The summed E-state index contributed by atoms with van der Waals surface area (Å²) in [7, 11) is 1.71. The van der Waals surface area contributed by atoms with Crippen molar-refractivity contribution in [3.63, 3.8) is 0 Å². The molecule has 1 fully saturated rings. The first kappa shape index (κ1) is 27.8. The van der Waals surface area contributed by atoms with Gasteiger partial charge in [0.15, 0.2) is 11.3 Å². The summed E-state index contributed by atoms with van der Waals surface area (Å²) in [5.41, 5.74) is 1.86. The van der Waals surface area contributed by atoms with Gasteiger partial charge in [-0.1, -0.05) is 12.1 Å². The van der Waals surface area contributed by atoms with Gasteiger partial charge in [0.25, 0.3) is 12.0 Å². The van der Waals surface area contributed by atoms with Crippen molar-refractivity contribution >= 4 is 22.7 Å². The van der Waals surface area contributed by atoms with E-state index in [4.69, 9.17) is 0 Å². The monoisotopic (exact) mass is 583 g/mol. The summed E-state index contributed by atoms with van der Waals surface area (Å²) >= 11 is 0. The van der Waals surface area contributed by atoms with E-state index in [1.165, 1.54) is 15.8 Å². The lowest BCUT2D eigenvalue weighted by molar-refractivity contribution is -0.138. The Morgan fingerprint density at radius 2 is 1.86 bits per heavy atom. The van der Waals surface area contributed by atoms with Crippen molar-refractivity contribution in [2.45, 2.75) is 56.7 Å². The molecule has 0 bridgehead atoms. The number of rotatable bonds is 7. The summed E-state index contributed by atoms with van der Waals surface area (Å²) < 4.78 is 44.0. The number of fused-ring (bicyclic) bond motifs is 2. The maximum atomic E-state index is 13.6. The molecule has 0 radical (unpaired) electrons. The molecule has 11 nitrogen and oxygen atoms in total. The number of nitrogens with zero attached hydrogens (tertiary/aromatic N) is 7. The Balaban J connectivity index is 1.16. The smallest absolute Gasteiger partial charge is 0.281 e. The van der Waals surface area contributed by atoms with Crippen molar-refractivity contribution in [1.82, 2.24) is 34.0 Å². The number of benzene rings is 1. The molecule has 0 spiro atoms. The highest BCUT2D eigenvalue weighted by atomic mass is 19.3. The molecule has 3 aromatic heterocycles. The quantitative estimate of drug-likeness (QED) is 0.354. The molecule has 1 unspecified atom stereocenters. The van der Waals surface area contributed by atoms with Crippen LogP contribution in [0.15, 0.2) is 41.6 Å². The van der Waals surface area contributed by atoms with E-state index in [0.717, 1.165) is 28.1 Å². The Morgan fingerprint density at radius 3 is 2.55 bits per heavy atom. The summed E-state index contributed by atoms with van der Waals surface area (Å²) in [5, 5.41) is 19.0. The number of aliphatic hydroxyl groups is 1. The molecule has 1 aromatic carbocycles. The van der Waals surface area contributed by atoms with Gasteiger partial charge in [0, 0.05) is 49.9 Å². The van der Waals surface area contributed by atoms with Crippen LogP contribution in [0.2, 0.25) is 0 Å². The minimum atomic E-state index is -2.93. The molecular weight excluding hydrogens is 555 g/mol. The number of piperidine rings is 1. The highest BCUT2D eigenvalue weighted by Gasteiger charge is 2.37. The van der Waals surface area contributed by atoms with Crippen LogP contribution in [-0.4, -0.2) is 75.9 Å². The lowest BCUT2D eigenvalue weighted by Crippen LogP contribution is -2.50. The van der Waals surface area contributed by atoms with E-state index in [-0.39, 0.29) is 43.8 Å². The molecule has 1 aliphatic heterocycles. The number of aryl methyl sites for hydroxylation is 2. The normalized spacial score (nSPS) is 17.3. The van der Waals surface area contributed by atoms with Crippen LogP contribution in [0.5, 0.6) is 0 Å². The number of ketones is 1. The minimum Gasteiger partial charge on any atom is -0.388 e. The van der Waals surface area contributed by atoms with Crippen LogP contribution in [-0.2, 0) is 24.8 Å². The number of carbonyl (C=O) groups is 2. The zero-order valence-electron chi connectivity index (χ0n) is 22.7. The maximum Gasteiger partial charge on any atom is 0.281 e. The average molecular weight is 584 g/mol. The third-order valence-electron chi connectivity index (χ3n) is 8.21. The summed E-state index contributed by atoms with van der Waals surface area (Å²) in [6.45, 7) is 0.103. The van der Waals surface area contributed by atoms with Crippen molar-refractivity contribution in [3.8, 4) is 11.3 Å². The molecular formula is C28H28F3N7O4. The lowest BCUT2D eigenvalue weighted by Gasteiger charge is -2.38. The van der Waals surface area contributed by atoms with E-state index < -0.39 is 41.9 Å². The first-order valence-corrected chi connectivity index (χ1v) is 13.6. The molecule has 1 saturated heterocycles. The van der Waals surface area contributed by atoms with E-state index in [2.05, 4.69) is 15.2 Å². The number of aromatic nitrogens is 6. The maximum absolute atomic E-state index is 13.6. The fraction of sp³-hybridized carbons (Fsp3) is 0.429. The number of amides is 1. The number of halogens is 3. The van der Waals surface area contributed by atoms with Crippen molar-refractivity contribution < 1.29 is 27.9 Å². The highest BCUT2D eigenvalue weighted by Crippen LogP contribution is 2.31. The summed E-state index contributed by atoms with van der Waals surface area (Å²) in [6, 6.07) is 4.87. The van der Waals surface area contributed by atoms with Gasteiger partial charge in [0.05, 0.1) is 30.6 Å². The van der Waals surface area contributed by atoms with Gasteiger partial charge in [-0.3, -0.25) is 28.3 Å². The van der Waals surface area contributed by atoms with Crippen molar-refractivity contribution in [3.05, 3.63) is 64.2 Å². The molecule has 4 aromatic rings. The highest BCUT2D eigenvalue weighted by molar-refractivity contribution is 6.01. The van der Waals surface area contributed by atoms with Crippen molar-refractivity contribution in [2.24, 2.45) is 7.05 Å². The number of alkyl halides is 2. The van der Waals surface area contributed by atoms with E-state index in [1.807, 2.05) is 12.1 Å². The molecule has 2 aliphatic rings. The van der Waals surface area contributed by atoms with Crippen LogP contribution in [0.1, 0.15) is 47.6 Å². The van der Waals surface area contributed by atoms with Crippen LogP contribution in [0.3, 0.4) is 0 Å². The van der Waals surface area contributed by atoms with Gasteiger partial charge in [-0.25, -0.2) is 13.8 Å². The van der Waals surface area contributed by atoms with Crippen molar-refractivity contribution in [1.29, 1.82) is 0 Å². The third-order valence-corrected chi connectivity index (χ3v) is 8.21. The molecule has 220 valence electrons. The van der Waals surface area contributed by atoms with Gasteiger partial charge in [0.2, 0.25) is 11.9 Å². The molecule has 4 heterocycles. The second kappa shape index (κ2) is 10.5. The second-order valence-corrected chi connectivity index (χ2v) is 11.0. The largest absolute Gasteiger partial charge is 0.388 e. The van der Waals surface area contributed by atoms with Gasteiger partial charge < -0.3 is 10.0 Å². The average Bonchev–Trinajstić information content (AvgIpc) is 3.65. The summed E-state index contributed by atoms with van der Waals surface area (Å²) in [6.07, 6.45) is 0.291. The van der Waals surface area contributed by atoms with Gasteiger partial charge in [-0.05, 0) is 30.9 Å². The predicted octanol–water partition coefficient (Wildman–Crippen LogP) is 2.51. The predicted molar refractivity (Wildman–Crippen MR) is 143 cm³/mol. The lowest BCUT2D eigenvalue weighted by atomic mass is 9.91. The molecule has 1 atom stereocenters. The van der Waals surface area contributed by atoms with Gasteiger partial charge in [-0.2, -0.15) is 9.49 Å². The second-order valence-electron chi connectivity index (χ2n) is 11.0. The number of hydrogen-bond donors (Lipinski definition) is 1. The van der Waals surface area contributed by atoms with Crippen LogP contribution < -0.4 is 5.56 Å². The molecule has 1 aliphatic carbocycles. The molecule has 1 amide bonds. The molecule has 0 saturated carbocycles. The van der Waals surface area contributed by atoms with Gasteiger partial charge >= 0.3 is 0 Å². The number of Topliss-reactive ketones (excluding diaryl/α,β-unsaturated/α-hetero) is 1. The SMILES string of the molecule is Cn1nc2c(=O)n(CC3(O)CCN(C(=O)CC(C(F)F)n4ccc(F)n4)CC3)cnc2c1-c1ccc2c(c1)CCC2=O. The molecule has 14 heteroatoms. The Labute approximate surface area is 237 Å². The van der Waals surface area contributed by atoms with E-state index in [1.54, 1.807) is 17.8 Å². The molecule has 6 rings (SSSR count). The summed E-state index contributed by atoms with van der Waals surface area (Å²) in [5.74, 6) is -1.36. The van der Waals surface area contributed by atoms with Crippen molar-refractivity contribution in [2.75, 3.05) is 13.1 Å². The zero-order valence-corrected chi connectivity index (χ0v) is 22.7. The van der Waals surface area contributed by atoms with E-state index >= 15 is 0 Å². The van der Waals surface area contributed by atoms with E-state index in [9.17, 15) is 32.7 Å². The number of hydrogen-bond acceptors (Lipinski definition) is 7. The fourth-order valence-electron chi connectivity index (χ4n) is 5.89. The van der Waals surface area contributed by atoms with E-state index in [0.29, 0.717) is 29.6 Å². The molecule has 1 N–H and O–H groups in total. The fourth-order valence-corrected chi connectivity index (χ4v) is 5.89. The minimum absolute atomic E-state index is 0.0874. The zero-order chi connectivity index (χ0) is 29.8. The van der Waals surface area contributed by atoms with Crippen LogP contribution in [0.25, 0.3) is 22.3 Å².